The highest BCUT2D eigenvalue weighted by Crippen LogP contribution is 2.33. The summed E-state index contributed by atoms with van der Waals surface area (Å²) in [4.78, 5) is 36.6. The van der Waals surface area contributed by atoms with Gasteiger partial charge in [0.15, 0.2) is 11.6 Å². The summed E-state index contributed by atoms with van der Waals surface area (Å²) in [5.41, 5.74) is 4.87. The summed E-state index contributed by atoms with van der Waals surface area (Å²) in [6, 6.07) is 9.14. The fourth-order valence-electron chi connectivity index (χ4n) is 5.86. The number of nitrogens with zero attached hydrogens (tertiary/aromatic N) is 4. The summed E-state index contributed by atoms with van der Waals surface area (Å²) in [5.74, 6) is -0.0191. The third kappa shape index (κ3) is 6.17. The highest BCUT2D eigenvalue weighted by Gasteiger charge is 2.43. The molecular formula is C30H40N6O4S. The molecule has 2 fully saturated rings. The van der Waals surface area contributed by atoms with Gasteiger partial charge in [0, 0.05) is 44.7 Å². The molecule has 0 radical (unpaired) electrons. The van der Waals surface area contributed by atoms with E-state index in [0.717, 1.165) is 41.3 Å². The number of carbonyl (C=O) groups is 2. The van der Waals surface area contributed by atoms with Crippen molar-refractivity contribution in [2.75, 3.05) is 31.1 Å². The first kappa shape index (κ1) is 29.2. The summed E-state index contributed by atoms with van der Waals surface area (Å²) in [7, 11) is 0. The molecule has 220 valence electrons. The zero-order valence-corrected chi connectivity index (χ0v) is 25.1. The lowest BCUT2D eigenvalue weighted by molar-refractivity contribution is -0.141. The van der Waals surface area contributed by atoms with Crippen molar-refractivity contribution in [2.45, 2.75) is 71.2 Å². The highest BCUT2D eigenvalue weighted by molar-refractivity contribution is 7.13. The molecule has 11 heteroatoms. The van der Waals surface area contributed by atoms with E-state index in [9.17, 15) is 14.7 Å². The summed E-state index contributed by atoms with van der Waals surface area (Å²) in [5, 5.41) is 21.3. The maximum atomic E-state index is 14.0. The molecule has 2 saturated heterocycles. The molecule has 0 spiro atoms. The fourth-order valence-corrected chi connectivity index (χ4v) is 6.67. The van der Waals surface area contributed by atoms with E-state index in [0.29, 0.717) is 11.6 Å². The highest BCUT2D eigenvalue weighted by atomic mass is 32.1. The Morgan fingerprint density at radius 1 is 1.22 bits per heavy atom. The number of aryl methyl sites for hydroxylation is 1. The molecule has 4 heterocycles. The summed E-state index contributed by atoms with van der Waals surface area (Å²) >= 11 is 1.60. The van der Waals surface area contributed by atoms with Crippen molar-refractivity contribution in [3.05, 3.63) is 52.9 Å². The quantitative estimate of drug-likeness (QED) is 0.370. The number of benzene rings is 1. The molecule has 5 atom stereocenters. The van der Waals surface area contributed by atoms with E-state index in [4.69, 9.17) is 4.52 Å². The standard InChI is InChI=1S/C30H40N6O4S/c1-17(2)27(25-13-26(34-40-25)35-11-10-31-14-18(35)3)30(39)36-15-23(37)12-24(36)29(38)33-19(4)21-6-8-22(9-7-21)28-20(5)32-16-41-28/h6-9,13,16-19,23-24,27,31,37H,10-12,14-15H2,1-5H3,(H,33,38)/t18-,19+,23-,24+,27-/m1/s1. The number of aromatic nitrogens is 2. The van der Waals surface area contributed by atoms with Crippen molar-refractivity contribution in [3.63, 3.8) is 0 Å². The van der Waals surface area contributed by atoms with Gasteiger partial charge in [0.05, 0.1) is 28.2 Å². The second kappa shape index (κ2) is 12.3. The van der Waals surface area contributed by atoms with E-state index in [1.54, 1.807) is 11.3 Å². The van der Waals surface area contributed by atoms with Crippen molar-refractivity contribution in [3.8, 4) is 10.4 Å². The van der Waals surface area contributed by atoms with Crippen LogP contribution in [0, 0.1) is 12.8 Å². The summed E-state index contributed by atoms with van der Waals surface area (Å²) in [6.45, 7) is 12.6. The Morgan fingerprint density at radius 3 is 2.63 bits per heavy atom. The van der Waals surface area contributed by atoms with Gasteiger partial charge in [-0.15, -0.1) is 11.3 Å². The molecule has 1 aromatic carbocycles. The minimum Gasteiger partial charge on any atom is -0.391 e. The fraction of sp³-hybridized carbons (Fsp3) is 0.533. The topological polar surface area (TPSA) is 124 Å². The molecule has 2 aliphatic rings. The van der Waals surface area contributed by atoms with Crippen molar-refractivity contribution in [1.82, 2.24) is 25.7 Å². The molecule has 5 rings (SSSR count). The normalized spacial score (nSPS) is 22.7. The van der Waals surface area contributed by atoms with E-state index < -0.39 is 18.1 Å². The first-order chi connectivity index (χ1) is 19.6. The Labute approximate surface area is 245 Å². The van der Waals surface area contributed by atoms with Crippen LogP contribution in [0.5, 0.6) is 0 Å². The minimum absolute atomic E-state index is 0.0928. The largest absolute Gasteiger partial charge is 0.391 e. The van der Waals surface area contributed by atoms with Crippen LogP contribution in [0.25, 0.3) is 10.4 Å². The predicted octanol–water partition coefficient (Wildman–Crippen LogP) is 3.48. The Balaban J connectivity index is 1.29. The van der Waals surface area contributed by atoms with E-state index in [2.05, 4.69) is 32.6 Å². The number of carbonyl (C=O) groups excluding carboxylic acids is 2. The number of rotatable bonds is 8. The summed E-state index contributed by atoms with van der Waals surface area (Å²) < 4.78 is 5.73. The van der Waals surface area contributed by atoms with E-state index >= 15 is 0 Å². The Hall–Kier alpha value is -3.28. The average Bonchev–Trinajstić information content (AvgIpc) is 3.69. The monoisotopic (exact) mass is 580 g/mol. The zero-order valence-electron chi connectivity index (χ0n) is 24.3. The van der Waals surface area contributed by atoms with Gasteiger partial charge in [-0.3, -0.25) is 9.59 Å². The number of aliphatic hydroxyl groups excluding tert-OH is 1. The third-order valence-electron chi connectivity index (χ3n) is 8.19. The van der Waals surface area contributed by atoms with E-state index in [1.807, 2.05) is 63.5 Å². The van der Waals surface area contributed by atoms with Gasteiger partial charge < -0.3 is 30.1 Å². The maximum Gasteiger partial charge on any atom is 0.243 e. The van der Waals surface area contributed by atoms with Crippen LogP contribution in [0.15, 0.2) is 40.4 Å². The second-order valence-corrected chi connectivity index (χ2v) is 12.4. The molecule has 3 N–H and O–H groups in total. The number of hydrogen-bond acceptors (Lipinski definition) is 9. The molecule has 3 aromatic rings. The second-order valence-electron chi connectivity index (χ2n) is 11.6. The van der Waals surface area contributed by atoms with Gasteiger partial charge in [-0.1, -0.05) is 43.3 Å². The SMILES string of the molecule is Cc1ncsc1-c1ccc([C@H](C)NC(=O)[C@@H]2C[C@@H](O)CN2C(=O)[C@@H](c2cc(N3CCNC[C@H]3C)no2)C(C)C)cc1. The number of amides is 2. The number of thiazole rings is 1. The molecule has 10 nitrogen and oxygen atoms in total. The lowest BCUT2D eigenvalue weighted by Crippen LogP contribution is -2.50. The van der Waals surface area contributed by atoms with Crippen LogP contribution in [-0.2, 0) is 9.59 Å². The number of hydrogen-bond donors (Lipinski definition) is 3. The molecule has 0 unspecified atom stereocenters. The number of anilines is 1. The first-order valence-corrected chi connectivity index (χ1v) is 15.2. The smallest absolute Gasteiger partial charge is 0.243 e. The number of aliphatic hydroxyl groups is 1. The summed E-state index contributed by atoms with van der Waals surface area (Å²) in [6.07, 6.45) is -0.578. The van der Waals surface area contributed by atoms with Gasteiger partial charge in [-0.05, 0) is 37.8 Å². The van der Waals surface area contributed by atoms with Crippen LogP contribution in [0.3, 0.4) is 0 Å². The Morgan fingerprint density at radius 2 is 1.98 bits per heavy atom. The van der Waals surface area contributed by atoms with E-state index in [-0.39, 0.29) is 42.8 Å². The maximum absolute atomic E-state index is 14.0. The van der Waals surface area contributed by atoms with Crippen LogP contribution in [-0.4, -0.2) is 76.3 Å². The third-order valence-corrected chi connectivity index (χ3v) is 9.17. The molecule has 2 aliphatic heterocycles. The molecule has 2 amide bonds. The van der Waals surface area contributed by atoms with Gasteiger partial charge in [-0.25, -0.2) is 4.98 Å². The molecular weight excluding hydrogens is 540 g/mol. The van der Waals surface area contributed by atoms with Crippen LogP contribution in [0.1, 0.15) is 63.1 Å². The van der Waals surface area contributed by atoms with Gasteiger partial charge >= 0.3 is 0 Å². The predicted molar refractivity (Wildman–Crippen MR) is 159 cm³/mol. The Bertz CT molecular complexity index is 1350. The lowest BCUT2D eigenvalue weighted by Gasteiger charge is -2.33. The number of likely N-dealkylation sites (tertiary alicyclic amines) is 1. The zero-order chi connectivity index (χ0) is 29.3. The van der Waals surface area contributed by atoms with Crippen molar-refractivity contribution in [2.24, 2.45) is 5.92 Å². The lowest BCUT2D eigenvalue weighted by atomic mass is 9.91. The van der Waals surface area contributed by atoms with Crippen molar-refractivity contribution < 1.29 is 19.2 Å². The van der Waals surface area contributed by atoms with Crippen molar-refractivity contribution in [1.29, 1.82) is 0 Å². The van der Waals surface area contributed by atoms with Gasteiger partial charge in [0.1, 0.15) is 12.0 Å². The molecule has 0 bridgehead atoms. The number of piperazine rings is 1. The van der Waals surface area contributed by atoms with E-state index in [1.165, 1.54) is 4.90 Å². The van der Waals surface area contributed by atoms with Crippen LogP contribution in [0.2, 0.25) is 0 Å². The van der Waals surface area contributed by atoms with Crippen LogP contribution >= 0.6 is 11.3 Å². The number of β-amino-alcohol motifs (C(OH)–C–C–N with tert-alkyl or cyclic N) is 1. The van der Waals surface area contributed by atoms with Crippen molar-refractivity contribution >= 4 is 29.0 Å². The van der Waals surface area contributed by atoms with Gasteiger partial charge in [-0.2, -0.15) is 0 Å². The van der Waals surface area contributed by atoms with Gasteiger partial charge in [0.2, 0.25) is 11.8 Å². The average molecular weight is 581 g/mol. The van der Waals surface area contributed by atoms with Gasteiger partial charge in [0.25, 0.3) is 0 Å². The molecule has 41 heavy (non-hydrogen) atoms. The van der Waals surface area contributed by atoms with Crippen LogP contribution in [0.4, 0.5) is 5.82 Å². The molecule has 0 aliphatic carbocycles. The van der Waals surface area contributed by atoms with Crippen LogP contribution < -0.4 is 15.5 Å². The minimum atomic E-state index is -0.772. The number of nitrogens with one attached hydrogen (secondary N) is 2. The Kier molecular flexibility index (Phi) is 8.77. The molecule has 0 saturated carbocycles. The first-order valence-electron chi connectivity index (χ1n) is 14.4. The molecule has 2 aromatic heterocycles.